The lowest BCUT2D eigenvalue weighted by atomic mass is 10.0. The van der Waals surface area contributed by atoms with E-state index in [1.807, 2.05) is 36.4 Å². The van der Waals surface area contributed by atoms with E-state index in [0.29, 0.717) is 0 Å². The number of aromatic nitrogens is 1. The molecule has 2 aromatic rings. The third kappa shape index (κ3) is 2.45. The van der Waals surface area contributed by atoms with E-state index >= 15 is 0 Å². The minimum absolute atomic E-state index is 0.258. The van der Waals surface area contributed by atoms with Crippen molar-refractivity contribution in [3.8, 4) is 5.75 Å². The fraction of sp³-hybridized carbons (Fsp3) is 0.214. The summed E-state index contributed by atoms with van der Waals surface area (Å²) in [6.07, 6.45) is 1.73. The summed E-state index contributed by atoms with van der Waals surface area (Å²) in [6, 6.07) is 11.6. The van der Waals surface area contributed by atoms with Gasteiger partial charge < -0.3 is 10.5 Å². The van der Waals surface area contributed by atoms with E-state index < -0.39 is 0 Å². The molecular weight excluding hydrogens is 212 g/mol. The molecule has 0 amide bonds. The van der Waals surface area contributed by atoms with Crippen molar-refractivity contribution in [2.75, 3.05) is 7.11 Å². The molecule has 0 saturated heterocycles. The van der Waals surface area contributed by atoms with Crippen molar-refractivity contribution in [1.29, 1.82) is 0 Å². The number of aryl methyl sites for hydroxylation is 1. The first-order chi connectivity index (χ1) is 8.22. The van der Waals surface area contributed by atoms with Crippen LogP contribution in [0.15, 0.2) is 42.6 Å². The van der Waals surface area contributed by atoms with Crippen LogP contribution in [0.5, 0.6) is 5.75 Å². The molecule has 1 aromatic heterocycles. The van der Waals surface area contributed by atoms with E-state index in [2.05, 4.69) is 11.9 Å². The first-order valence-electron chi connectivity index (χ1n) is 5.53. The summed E-state index contributed by atoms with van der Waals surface area (Å²) in [5.41, 5.74) is 9.21. The van der Waals surface area contributed by atoms with Gasteiger partial charge in [-0.05, 0) is 24.6 Å². The van der Waals surface area contributed by atoms with Gasteiger partial charge in [0.05, 0.1) is 13.2 Å². The van der Waals surface area contributed by atoms with Crippen molar-refractivity contribution in [2.24, 2.45) is 5.73 Å². The van der Waals surface area contributed by atoms with Crippen molar-refractivity contribution in [3.05, 3.63) is 59.4 Å². The summed E-state index contributed by atoms with van der Waals surface area (Å²) >= 11 is 0. The van der Waals surface area contributed by atoms with Crippen molar-refractivity contribution in [2.45, 2.75) is 13.0 Å². The number of rotatable bonds is 3. The molecule has 0 radical (unpaired) electrons. The third-order valence-corrected chi connectivity index (χ3v) is 2.75. The third-order valence-electron chi connectivity index (χ3n) is 2.75. The summed E-state index contributed by atoms with van der Waals surface area (Å²) < 4.78 is 5.27. The maximum absolute atomic E-state index is 6.20. The van der Waals surface area contributed by atoms with E-state index in [9.17, 15) is 0 Å². The maximum Gasteiger partial charge on any atom is 0.142 e. The number of nitrogens with two attached hydrogens (primary N) is 1. The first kappa shape index (κ1) is 11.6. The zero-order chi connectivity index (χ0) is 12.3. The molecule has 1 aromatic carbocycles. The Kier molecular flexibility index (Phi) is 3.40. The molecule has 1 heterocycles. The molecule has 0 fully saturated rings. The number of ether oxygens (including phenoxy) is 1. The van der Waals surface area contributed by atoms with Gasteiger partial charge >= 0.3 is 0 Å². The number of nitrogens with zero attached hydrogens (tertiary/aromatic N) is 1. The Hall–Kier alpha value is -1.87. The van der Waals surface area contributed by atoms with E-state index in [0.717, 1.165) is 17.0 Å². The highest BCUT2D eigenvalue weighted by atomic mass is 16.5. The van der Waals surface area contributed by atoms with Gasteiger partial charge in [0.15, 0.2) is 0 Å². The van der Waals surface area contributed by atoms with Gasteiger partial charge in [-0.25, -0.2) is 0 Å². The highest BCUT2D eigenvalue weighted by Crippen LogP contribution is 2.25. The topological polar surface area (TPSA) is 48.1 Å². The second-order valence-corrected chi connectivity index (χ2v) is 3.98. The molecule has 3 heteroatoms. The van der Waals surface area contributed by atoms with E-state index in [-0.39, 0.29) is 6.04 Å². The Morgan fingerprint density at radius 1 is 1.18 bits per heavy atom. The van der Waals surface area contributed by atoms with Crippen LogP contribution in [-0.4, -0.2) is 12.1 Å². The Labute approximate surface area is 101 Å². The summed E-state index contributed by atoms with van der Waals surface area (Å²) in [5, 5.41) is 0. The Morgan fingerprint density at radius 3 is 2.53 bits per heavy atom. The van der Waals surface area contributed by atoms with Gasteiger partial charge in [0.2, 0.25) is 0 Å². The summed E-state index contributed by atoms with van der Waals surface area (Å²) in [7, 11) is 1.63. The largest absolute Gasteiger partial charge is 0.495 e. The zero-order valence-corrected chi connectivity index (χ0v) is 10.1. The van der Waals surface area contributed by atoms with Gasteiger partial charge in [-0.2, -0.15) is 0 Å². The molecule has 0 aliphatic carbocycles. The number of hydrogen-bond acceptors (Lipinski definition) is 3. The molecule has 17 heavy (non-hydrogen) atoms. The van der Waals surface area contributed by atoms with E-state index in [1.165, 1.54) is 5.56 Å². The zero-order valence-electron chi connectivity index (χ0n) is 10.1. The molecule has 0 aliphatic rings. The van der Waals surface area contributed by atoms with Crippen LogP contribution < -0.4 is 10.5 Å². The van der Waals surface area contributed by atoms with Crippen molar-refractivity contribution >= 4 is 0 Å². The van der Waals surface area contributed by atoms with E-state index in [1.54, 1.807) is 13.3 Å². The molecule has 0 unspecified atom stereocenters. The minimum Gasteiger partial charge on any atom is -0.495 e. The molecule has 2 rings (SSSR count). The van der Waals surface area contributed by atoms with Crippen LogP contribution in [-0.2, 0) is 0 Å². The Bertz CT molecular complexity index is 494. The van der Waals surface area contributed by atoms with Crippen molar-refractivity contribution in [3.63, 3.8) is 0 Å². The molecule has 0 saturated carbocycles. The van der Waals surface area contributed by atoms with Gasteiger partial charge in [0.25, 0.3) is 0 Å². The quantitative estimate of drug-likeness (QED) is 0.877. The minimum atomic E-state index is -0.258. The van der Waals surface area contributed by atoms with E-state index in [4.69, 9.17) is 10.5 Å². The monoisotopic (exact) mass is 228 g/mol. The molecule has 1 atom stereocenters. The van der Waals surface area contributed by atoms with Gasteiger partial charge in [0.1, 0.15) is 11.4 Å². The summed E-state index contributed by atoms with van der Waals surface area (Å²) in [6.45, 7) is 2.05. The van der Waals surface area contributed by atoms with Crippen LogP contribution in [0, 0.1) is 6.92 Å². The normalized spacial score (nSPS) is 12.2. The Balaban J connectivity index is 2.36. The lowest BCUT2D eigenvalue weighted by molar-refractivity contribution is 0.404. The maximum atomic E-state index is 6.20. The molecule has 0 spiro atoms. The Morgan fingerprint density at radius 2 is 1.88 bits per heavy atom. The van der Waals surface area contributed by atoms with Gasteiger partial charge in [-0.3, -0.25) is 4.98 Å². The second kappa shape index (κ2) is 4.97. The lowest BCUT2D eigenvalue weighted by Gasteiger charge is -2.14. The molecule has 3 nitrogen and oxygen atoms in total. The molecule has 88 valence electrons. The van der Waals surface area contributed by atoms with Crippen LogP contribution in [0.25, 0.3) is 0 Å². The van der Waals surface area contributed by atoms with Crippen molar-refractivity contribution in [1.82, 2.24) is 4.98 Å². The molecule has 0 bridgehead atoms. The second-order valence-electron chi connectivity index (χ2n) is 3.98. The number of pyridine rings is 1. The van der Waals surface area contributed by atoms with Crippen LogP contribution in [0.3, 0.4) is 0 Å². The average molecular weight is 228 g/mol. The fourth-order valence-corrected chi connectivity index (χ4v) is 1.74. The number of hydrogen-bond donors (Lipinski definition) is 1. The highest BCUT2D eigenvalue weighted by Gasteiger charge is 2.14. The summed E-state index contributed by atoms with van der Waals surface area (Å²) in [5.74, 6) is 0.723. The average Bonchev–Trinajstić information content (AvgIpc) is 2.39. The van der Waals surface area contributed by atoms with Crippen LogP contribution in [0.4, 0.5) is 0 Å². The first-order valence-corrected chi connectivity index (χ1v) is 5.53. The standard InChI is InChI=1S/C14H16N2O/c1-10-5-7-11(8-6-10)13(15)14-12(17-2)4-3-9-16-14/h3-9,13H,15H2,1-2H3/t13-/m0/s1. The van der Waals surface area contributed by atoms with Gasteiger partial charge in [-0.1, -0.05) is 29.8 Å². The van der Waals surface area contributed by atoms with Crippen LogP contribution >= 0.6 is 0 Å². The van der Waals surface area contributed by atoms with Crippen LogP contribution in [0.1, 0.15) is 22.9 Å². The van der Waals surface area contributed by atoms with Gasteiger partial charge in [0, 0.05) is 6.20 Å². The predicted molar refractivity (Wildman–Crippen MR) is 68.0 cm³/mol. The van der Waals surface area contributed by atoms with Crippen molar-refractivity contribution < 1.29 is 4.74 Å². The van der Waals surface area contributed by atoms with Crippen LogP contribution in [0.2, 0.25) is 0 Å². The molecule has 2 N–H and O–H groups in total. The predicted octanol–water partition coefficient (Wildman–Crippen LogP) is 2.45. The van der Waals surface area contributed by atoms with Gasteiger partial charge in [-0.15, -0.1) is 0 Å². The number of benzene rings is 1. The SMILES string of the molecule is COc1cccnc1[C@@H](N)c1ccc(C)cc1. The highest BCUT2D eigenvalue weighted by molar-refractivity contribution is 5.37. The number of methoxy groups -OCH3 is 1. The molecular formula is C14H16N2O. The fourth-order valence-electron chi connectivity index (χ4n) is 1.74. The lowest BCUT2D eigenvalue weighted by Crippen LogP contribution is -2.14. The molecule has 0 aliphatic heterocycles. The smallest absolute Gasteiger partial charge is 0.142 e. The summed E-state index contributed by atoms with van der Waals surface area (Å²) in [4.78, 5) is 4.30.